The molecule has 22 heavy (non-hydrogen) atoms. The molecule has 0 amide bonds. The Hall–Kier alpha value is -1.73. The number of ether oxygens (including phenoxy) is 1. The molecule has 0 bridgehead atoms. The zero-order valence-corrected chi connectivity index (χ0v) is 14.0. The van der Waals surface area contributed by atoms with Crippen LogP contribution in [0.25, 0.3) is 5.78 Å². The maximum Gasteiger partial charge on any atom is 0.254 e. The van der Waals surface area contributed by atoms with Gasteiger partial charge in [-0.05, 0) is 33.5 Å². The second kappa shape index (κ2) is 8.05. The molecule has 122 valence electrons. The molecule has 0 aliphatic carbocycles. The van der Waals surface area contributed by atoms with Crippen molar-refractivity contribution in [3.8, 4) is 0 Å². The number of hydrogen-bond donors (Lipinski definition) is 0. The second-order valence-electron chi connectivity index (χ2n) is 5.65. The Balaban J connectivity index is 2.28. The van der Waals surface area contributed by atoms with E-state index in [-0.39, 0.29) is 0 Å². The topological polar surface area (TPSA) is 58.8 Å². The van der Waals surface area contributed by atoms with Gasteiger partial charge in [0.1, 0.15) is 12.1 Å². The molecule has 0 saturated carbocycles. The summed E-state index contributed by atoms with van der Waals surface area (Å²) in [5.74, 6) is 1.66. The molecule has 0 atom stereocenters. The molecule has 0 aliphatic heterocycles. The van der Waals surface area contributed by atoms with Crippen LogP contribution in [0.2, 0.25) is 0 Å². The average molecular weight is 306 g/mol. The summed E-state index contributed by atoms with van der Waals surface area (Å²) in [4.78, 5) is 13.2. The van der Waals surface area contributed by atoms with E-state index >= 15 is 0 Å². The van der Waals surface area contributed by atoms with E-state index in [0.29, 0.717) is 12.4 Å². The number of hydrogen-bond acceptors (Lipinski definition) is 6. The van der Waals surface area contributed by atoms with Crippen molar-refractivity contribution >= 4 is 11.6 Å². The largest absolute Gasteiger partial charge is 0.378 e. The SMILES string of the molecule is CCCN(CCCN(C)C)c1cc(COC)nc2ncnn12. The Bertz CT molecular complexity index is 582. The molecule has 7 heteroatoms. The summed E-state index contributed by atoms with van der Waals surface area (Å²) in [5, 5.41) is 4.32. The van der Waals surface area contributed by atoms with Crippen LogP contribution in [0.4, 0.5) is 5.82 Å². The van der Waals surface area contributed by atoms with Crippen LogP contribution < -0.4 is 4.90 Å². The van der Waals surface area contributed by atoms with E-state index in [9.17, 15) is 0 Å². The van der Waals surface area contributed by atoms with Gasteiger partial charge >= 0.3 is 0 Å². The van der Waals surface area contributed by atoms with E-state index < -0.39 is 0 Å². The van der Waals surface area contributed by atoms with Gasteiger partial charge in [-0.15, -0.1) is 0 Å². The van der Waals surface area contributed by atoms with Gasteiger partial charge in [0.05, 0.1) is 12.3 Å². The van der Waals surface area contributed by atoms with Crippen molar-refractivity contribution in [2.45, 2.75) is 26.4 Å². The first-order chi connectivity index (χ1) is 10.7. The summed E-state index contributed by atoms with van der Waals surface area (Å²) >= 11 is 0. The lowest BCUT2D eigenvalue weighted by Gasteiger charge is -2.25. The smallest absolute Gasteiger partial charge is 0.254 e. The molecule has 0 unspecified atom stereocenters. The van der Waals surface area contributed by atoms with E-state index in [2.05, 4.69) is 52.0 Å². The molecule has 0 aromatic carbocycles. The standard InChI is InChI=1S/C15H26N6O/c1-5-7-20(9-6-8-19(2)3)14-10-13(11-22-4)18-15-16-12-17-21(14)15/h10,12H,5-9,11H2,1-4H3. The lowest BCUT2D eigenvalue weighted by Crippen LogP contribution is -2.30. The Labute approximate surface area is 131 Å². The molecule has 2 aromatic heterocycles. The van der Waals surface area contributed by atoms with E-state index in [4.69, 9.17) is 4.74 Å². The fraction of sp³-hybridized carbons (Fsp3) is 0.667. The first-order valence-electron chi connectivity index (χ1n) is 7.74. The molecular weight excluding hydrogens is 280 g/mol. The van der Waals surface area contributed by atoms with Gasteiger partial charge in [0.15, 0.2) is 0 Å². The lowest BCUT2D eigenvalue weighted by molar-refractivity contribution is 0.181. The molecule has 0 N–H and O–H groups in total. The molecule has 0 aliphatic rings. The van der Waals surface area contributed by atoms with Crippen molar-refractivity contribution in [1.29, 1.82) is 0 Å². The maximum absolute atomic E-state index is 5.22. The van der Waals surface area contributed by atoms with Crippen LogP contribution >= 0.6 is 0 Å². The van der Waals surface area contributed by atoms with Crippen molar-refractivity contribution < 1.29 is 4.74 Å². The zero-order valence-electron chi connectivity index (χ0n) is 14.0. The minimum Gasteiger partial charge on any atom is -0.378 e. The van der Waals surface area contributed by atoms with E-state index in [1.807, 2.05) is 4.52 Å². The quantitative estimate of drug-likeness (QED) is 0.699. The molecule has 0 spiro atoms. The van der Waals surface area contributed by atoms with Crippen LogP contribution in [0, 0.1) is 0 Å². The number of nitrogens with zero attached hydrogens (tertiary/aromatic N) is 6. The van der Waals surface area contributed by atoms with Crippen LogP contribution in [0.3, 0.4) is 0 Å². The van der Waals surface area contributed by atoms with Crippen LogP contribution in [0.15, 0.2) is 12.4 Å². The number of rotatable bonds is 9. The summed E-state index contributed by atoms with van der Waals surface area (Å²) in [6.45, 7) is 5.70. The van der Waals surface area contributed by atoms with Gasteiger partial charge in [0.25, 0.3) is 5.78 Å². The number of aromatic nitrogens is 4. The minimum atomic E-state index is 0.480. The molecular formula is C15H26N6O. The van der Waals surface area contributed by atoms with E-state index in [1.54, 1.807) is 13.4 Å². The summed E-state index contributed by atoms with van der Waals surface area (Å²) in [5.41, 5.74) is 0.881. The van der Waals surface area contributed by atoms with Crippen LogP contribution in [-0.2, 0) is 11.3 Å². The molecule has 2 heterocycles. The molecule has 2 rings (SSSR count). The van der Waals surface area contributed by atoms with Gasteiger partial charge in [-0.3, -0.25) is 0 Å². The summed E-state index contributed by atoms with van der Waals surface area (Å²) < 4.78 is 7.03. The van der Waals surface area contributed by atoms with Gasteiger partial charge < -0.3 is 14.5 Å². The summed E-state index contributed by atoms with van der Waals surface area (Å²) in [6, 6.07) is 2.05. The third-order valence-electron chi connectivity index (χ3n) is 3.43. The Morgan fingerprint density at radius 2 is 2.05 bits per heavy atom. The number of anilines is 1. The Kier molecular flexibility index (Phi) is 6.09. The molecule has 0 fully saturated rings. The van der Waals surface area contributed by atoms with E-state index in [1.165, 1.54) is 0 Å². The maximum atomic E-state index is 5.22. The highest BCUT2D eigenvalue weighted by atomic mass is 16.5. The number of fused-ring (bicyclic) bond motifs is 1. The van der Waals surface area contributed by atoms with Crippen molar-refractivity contribution in [3.63, 3.8) is 0 Å². The highest BCUT2D eigenvalue weighted by Gasteiger charge is 2.14. The first kappa shape index (κ1) is 16.6. The second-order valence-corrected chi connectivity index (χ2v) is 5.65. The summed E-state index contributed by atoms with van der Waals surface area (Å²) in [7, 11) is 5.88. The molecule has 0 saturated heterocycles. The minimum absolute atomic E-state index is 0.480. The van der Waals surface area contributed by atoms with Crippen LogP contribution in [0.5, 0.6) is 0 Å². The Morgan fingerprint density at radius 3 is 2.73 bits per heavy atom. The number of methoxy groups -OCH3 is 1. The third kappa shape index (κ3) is 4.14. The molecule has 7 nitrogen and oxygen atoms in total. The van der Waals surface area contributed by atoms with Gasteiger partial charge in [-0.1, -0.05) is 6.92 Å². The van der Waals surface area contributed by atoms with Crippen LogP contribution in [-0.4, -0.2) is 65.3 Å². The Morgan fingerprint density at radius 1 is 1.23 bits per heavy atom. The van der Waals surface area contributed by atoms with Crippen molar-refractivity contribution in [3.05, 3.63) is 18.1 Å². The van der Waals surface area contributed by atoms with Gasteiger partial charge in [0.2, 0.25) is 0 Å². The van der Waals surface area contributed by atoms with E-state index in [0.717, 1.165) is 44.0 Å². The van der Waals surface area contributed by atoms with Crippen LogP contribution in [0.1, 0.15) is 25.5 Å². The van der Waals surface area contributed by atoms with Gasteiger partial charge in [0, 0.05) is 26.3 Å². The highest BCUT2D eigenvalue weighted by molar-refractivity contribution is 5.47. The van der Waals surface area contributed by atoms with Crippen molar-refractivity contribution in [1.82, 2.24) is 24.5 Å². The lowest BCUT2D eigenvalue weighted by atomic mass is 10.3. The normalized spacial score (nSPS) is 11.5. The molecule has 0 radical (unpaired) electrons. The predicted molar refractivity (Wildman–Crippen MR) is 87.2 cm³/mol. The summed E-state index contributed by atoms with van der Waals surface area (Å²) in [6.07, 6.45) is 3.73. The monoisotopic (exact) mass is 306 g/mol. The van der Waals surface area contributed by atoms with Gasteiger partial charge in [-0.2, -0.15) is 14.6 Å². The fourth-order valence-electron chi connectivity index (χ4n) is 2.48. The fourth-order valence-corrected chi connectivity index (χ4v) is 2.48. The first-order valence-corrected chi connectivity index (χ1v) is 7.74. The van der Waals surface area contributed by atoms with Gasteiger partial charge in [-0.25, -0.2) is 4.98 Å². The van der Waals surface area contributed by atoms with Crippen molar-refractivity contribution in [2.24, 2.45) is 0 Å². The predicted octanol–water partition coefficient (Wildman–Crippen LogP) is 1.44. The van der Waals surface area contributed by atoms with Crippen molar-refractivity contribution in [2.75, 3.05) is 45.7 Å². The highest BCUT2D eigenvalue weighted by Crippen LogP contribution is 2.17. The zero-order chi connectivity index (χ0) is 15.9. The molecule has 2 aromatic rings. The third-order valence-corrected chi connectivity index (χ3v) is 3.43. The average Bonchev–Trinajstić information content (AvgIpc) is 2.94.